The van der Waals surface area contributed by atoms with Crippen LogP contribution in [0.25, 0.3) is 11.1 Å². The Morgan fingerprint density at radius 2 is 0.857 bits per heavy atom. The van der Waals surface area contributed by atoms with Gasteiger partial charge in [0.2, 0.25) is 0 Å². The smallest absolute Gasteiger partial charge is 0.0526 e. The van der Waals surface area contributed by atoms with Crippen molar-refractivity contribution in [3.63, 3.8) is 0 Å². The second-order valence-corrected chi connectivity index (χ2v) is 9.04. The van der Waals surface area contributed by atoms with Crippen LogP contribution in [0.4, 0.5) is 22.7 Å². The molecule has 4 aromatic rings. The lowest BCUT2D eigenvalue weighted by molar-refractivity contribution is 1.30. The normalized spacial score (nSPS) is 13.3. The Morgan fingerprint density at radius 1 is 0.429 bits per heavy atom. The molecule has 0 spiro atoms. The summed E-state index contributed by atoms with van der Waals surface area (Å²) >= 11 is 3.66. The summed E-state index contributed by atoms with van der Waals surface area (Å²) in [7, 11) is 0. The molecule has 4 aromatic carbocycles. The van der Waals surface area contributed by atoms with Crippen LogP contribution in [-0.4, -0.2) is 0 Å². The Kier molecular flexibility index (Phi) is 3.67. The number of hydrogen-bond acceptors (Lipinski definition) is 4. The molecule has 0 radical (unpaired) electrons. The first-order valence-electron chi connectivity index (χ1n) is 9.20. The van der Waals surface area contributed by atoms with Crippen molar-refractivity contribution in [1.82, 2.24) is 0 Å². The summed E-state index contributed by atoms with van der Waals surface area (Å²) in [6.45, 7) is 0. The average Bonchev–Trinajstić information content (AvgIpc) is 2.75. The van der Waals surface area contributed by atoms with E-state index in [0.29, 0.717) is 0 Å². The van der Waals surface area contributed by atoms with E-state index in [1.54, 1.807) is 0 Å². The lowest BCUT2D eigenvalue weighted by Gasteiger charge is -2.22. The van der Waals surface area contributed by atoms with Gasteiger partial charge in [-0.3, -0.25) is 0 Å². The van der Waals surface area contributed by atoms with E-state index in [0.717, 1.165) is 0 Å². The molecule has 2 N–H and O–H groups in total. The minimum Gasteiger partial charge on any atom is -0.354 e. The van der Waals surface area contributed by atoms with E-state index in [1.165, 1.54) is 53.5 Å². The van der Waals surface area contributed by atoms with Crippen molar-refractivity contribution in [2.24, 2.45) is 0 Å². The van der Waals surface area contributed by atoms with Gasteiger partial charge in [0, 0.05) is 19.6 Å². The van der Waals surface area contributed by atoms with Crippen molar-refractivity contribution in [2.45, 2.75) is 19.6 Å². The average molecular weight is 397 g/mol. The highest BCUT2D eigenvalue weighted by Crippen LogP contribution is 2.47. The predicted octanol–water partition coefficient (Wildman–Crippen LogP) is 7.77. The van der Waals surface area contributed by atoms with Gasteiger partial charge in [0.1, 0.15) is 0 Å². The molecule has 6 rings (SSSR count). The Labute approximate surface area is 172 Å². The van der Waals surface area contributed by atoms with Crippen LogP contribution >= 0.6 is 23.5 Å². The maximum atomic E-state index is 3.55. The minimum absolute atomic E-state index is 1.18. The summed E-state index contributed by atoms with van der Waals surface area (Å²) < 4.78 is 0. The molecule has 0 bridgehead atoms. The highest BCUT2D eigenvalue weighted by atomic mass is 32.2. The molecule has 4 heteroatoms. The van der Waals surface area contributed by atoms with E-state index in [1.807, 2.05) is 23.5 Å². The van der Waals surface area contributed by atoms with Gasteiger partial charge < -0.3 is 10.6 Å². The lowest BCUT2D eigenvalue weighted by Crippen LogP contribution is -2.00. The molecule has 0 fully saturated rings. The van der Waals surface area contributed by atoms with Crippen LogP contribution in [0.2, 0.25) is 0 Å². The third-order valence-corrected chi connectivity index (χ3v) is 7.32. The van der Waals surface area contributed by atoms with Gasteiger partial charge in [0.05, 0.1) is 22.7 Å². The summed E-state index contributed by atoms with van der Waals surface area (Å²) in [5.41, 5.74) is 7.21. The Morgan fingerprint density at radius 3 is 1.36 bits per heavy atom. The van der Waals surface area contributed by atoms with Gasteiger partial charge in [-0.1, -0.05) is 59.9 Å². The standard InChI is InChI=1S/C24H16N2S2/c1-3-7-21-17(5-1)25-19-11-9-15(13-23(19)27-21)16-10-12-20-24(14-16)28-22-8-4-2-6-18(22)26-20/h1-14,25-26H. The SMILES string of the molecule is c1ccc2c(c1)Nc1ccc(-c3ccc4c(c3)Sc3ccccc3N4)cc1S2. The first-order chi connectivity index (χ1) is 13.8. The van der Waals surface area contributed by atoms with Crippen LogP contribution in [-0.2, 0) is 0 Å². The number of nitrogens with one attached hydrogen (secondary N) is 2. The molecular formula is C24H16N2S2. The van der Waals surface area contributed by atoms with E-state index < -0.39 is 0 Å². The molecule has 2 nitrogen and oxygen atoms in total. The van der Waals surface area contributed by atoms with E-state index in [2.05, 4.69) is 95.6 Å². The lowest BCUT2D eigenvalue weighted by atomic mass is 10.0. The summed E-state index contributed by atoms with van der Waals surface area (Å²) in [4.78, 5) is 5.08. The van der Waals surface area contributed by atoms with Crippen molar-refractivity contribution >= 4 is 46.3 Å². The van der Waals surface area contributed by atoms with Crippen molar-refractivity contribution < 1.29 is 0 Å². The minimum atomic E-state index is 1.18. The molecule has 0 atom stereocenters. The predicted molar refractivity (Wildman–Crippen MR) is 120 cm³/mol. The largest absolute Gasteiger partial charge is 0.354 e. The van der Waals surface area contributed by atoms with E-state index in [9.17, 15) is 0 Å². The van der Waals surface area contributed by atoms with Crippen molar-refractivity contribution in [1.29, 1.82) is 0 Å². The third kappa shape index (κ3) is 2.68. The van der Waals surface area contributed by atoms with Crippen LogP contribution in [0.5, 0.6) is 0 Å². The zero-order valence-corrected chi connectivity index (χ0v) is 16.5. The topological polar surface area (TPSA) is 24.1 Å². The molecule has 0 aromatic heterocycles. The molecule has 0 saturated heterocycles. The van der Waals surface area contributed by atoms with E-state index in [-0.39, 0.29) is 0 Å². The number of fused-ring (bicyclic) bond motifs is 4. The van der Waals surface area contributed by atoms with Crippen molar-refractivity contribution in [2.75, 3.05) is 10.6 Å². The number of hydrogen-bond donors (Lipinski definition) is 2. The molecule has 2 aliphatic heterocycles. The maximum Gasteiger partial charge on any atom is 0.0526 e. The summed E-state index contributed by atoms with van der Waals surface area (Å²) in [5, 5.41) is 7.09. The molecule has 0 unspecified atom stereocenters. The molecular weight excluding hydrogens is 380 g/mol. The fourth-order valence-electron chi connectivity index (χ4n) is 3.62. The van der Waals surface area contributed by atoms with Crippen LogP contribution in [0, 0.1) is 0 Å². The van der Waals surface area contributed by atoms with Gasteiger partial charge in [-0.15, -0.1) is 0 Å². The summed E-state index contributed by atoms with van der Waals surface area (Å²) in [6, 6.07) is 30.3. The van der Waals surface area contributed by atoms with Crippen LogP contribution in [0.3, 0.4) is 0 Å². The molecule has 2 heterocycles. The van der Waals surface area contributed by atoms with Crippen molar-refractivity contribution in [3.05, 3.63) is 84.9 Å². The number of benzene rings is 4. The molecule has 0 saturated carbocycles. The number of anilines is 4. The molecule has 2 aliphatic rings. The summed E-state index contributed by atoms with van der Waals surface area (Å²) in [6.07, 6.45) is 0. The zero-order chi connectivity index (χ0) is 18.5. The zero-order valence-electron chi connectivity index (χ0n) is 14.9. The van der Waals surface area contributed by atoms with Gasteiger partial charge in [-0.2, -0.15) is 0 Å². The highest BCUT2D eigenvalue weighted by Gasteiger charge is 2.18. The fourth-order valence-corrected chi connectivity index (χ4v) is 5.68. The Hall–Kier alpha value is -2.82. The van der Waals surface area contributed by atoms with Gasteiger partial charge in [0.15, 0.2) is 0 Å². The quantitative estimate of drug-likeness (QED) is 0.296. The molecule has 0 amide bonds. The molecule has 0 aliphatic carbocycles. The molecule has 28 heavy (non-hydrogen) atoms. The van der Waals surface area contributed by atoms with Crippen LogP contribution in [0.15, 0.2) is 105 Å². The second kappa shape index (κ2) is 6.36. The fraction of sp³-hybridized carbons (Fsp3) is 0. The van der Waals surface area contributed by atoms with E-state index >= 15 is 0 Å². The van der Waals surface area contributed by atoms with Gasteiger partial charge in [-0.05, 0) is 59.7 Å². The monoisotopic (exact) mass is 396 g/mol. The number of rotatable bonds is 1. The maximum absolute atomic E-state index is 3.55. The first-order valence-corrected chi connectivity index (χ1v) is 10.8. The van der Waals surface area contributed by atoms with Gasteiger partial charge in [0.25, 0.3) is 0 Å². The second-order valence-electron chi connectivity index (χ2n) is 6.87. The van der Waals surface area contributed by atoms with Gasteiger partial charge in [-0.25, -0.2) is 0 Å². The van der Waals surface area contributed by atoms with E-state index in [4.69, 9.17) is 0 Å². The van der Waals surface area contributed by atoms with Crippen LogP contribution in [0.1, 0.15) is 0 Å². The third-order valence-electron chi connectivity index (χ3n) is 5.05. The van der Waals surface area contributed by atoms with Gasteiger partial charge >= 0.3 is 0 Å². The summed E-state index contributed by atoms with van der Waals surface area (Å²) in [5.74, 6) is 0. The highest BCUT2D eigenvalue weighted by molar-refractivity contribution is 8.00. The number of para-hydroxylation sites is 2. The Balaban J connectivity index is 1.36. The molecule has 134 valence electrons. The Bertz CT molecular complexity index is 1140. The van der Waals surface area contributed by atoms with Crippen LogP contribution < -0.4 is 10.6 Å². The van der Waals surface area contributed by atoms with Crippen molar-refractivity contribution in [3.8, 4) is 11.1 Å². The first kappa shape index (κ1) is 16.2.